The first-order chi connectivity index (χ1) is 9.10. The van der Waals surface area contributed by atoms with Crippen LogP contribution in [0.25, 0.3) is 0 Å². The van der Waals surface area contributed by atoms with Crippen LogP contribution >= 0.6 is 11.6 Å². The third-order valence-corrected chi connectivity index (χ3v) is 3.29. The summed E-state index contributed by atoms with van der Waals surface area (Å²) in [6.07, 6.45) is 1.91. The number of aryl methyl sites for hydroxylation is 2. The molecule has 0 bridgehead atoms. The average Bonchev–Trinajstić information content (AvgIpc) is 2.91. The SMILES string of the molecule is CCCNC(Cc1cc(C)nn1C)c1ccc(Cl)o1. The molecule has 2 heterocycles. The van der Waals surface area contributed by atoms with E-state index in [9.17, 15) is 0 Å². The predicted octanol–water partition coefficient (Wildman–Crippen LogP) is 3.26. The van der Waals surface area contributed by atoms with Crippen molar-refractivity contribution in [1.29, 1.82) is 0 Å². The molecule has 104 valence electrons. The molecule has 0 saturated heterocycles. The molecular formula is C14H20ClN3O. The van der Waals surface area contributed by atoms with E-state index in [4.69, 9.17) is 16.0 Å². The Hall–Kier alpha value is -1.26. The maximum atomic E-state index is 5.86. The van der Waals surface area contributed by atoms with E-state index >= 15 is 0 Å². The van der Waals surface area contributed by atoms with Crippen molar-refractivity contribution < 1.29 is 4.42 Å². The minimum absolute atomic E-state index is 0.127. The van der Waals surface area contributed by atoms with E-state index in [1.807, 2.05) is 24.7 Å². The molecule has 0 aromatic carbocycles. The van der Waals surface area contributed by atoms with Crippen LogP contribution in [0, 0.1) is 6.92 Å². The molecule has 1 N–H and O–H groups in total. The van der Waals surface area contributed by atoms with Gasteiger partial charge in [-0.15, -0.1) is 0 Å². The van der Waals surface area contributed by atoms with Crippen molar-refractivity contribution in [1.82, 2.24) is 15.1 Å². The Labute approximate surface area is 118 Å². The number of rotatable bonds is 6. The standard InChI is InChI=1S/C14H20ClN3O/c1-4-7-16-12(13-5-6-14(15)19-13)9-11-8-10(2)17-18(11)3/h5-6,8,12,16H,4,7,9H2,1-3H3. The number of furan rings is 1. The van der Waals surface area contributed by atoms with Crippen molar-refractivity contribution in [2.24, 2.45) is 7.05 Å². The van der Waals surface area contributed by atoms with E-state index in [1.165, 1.54) is 5.69 Å². The Balaban J connectivity index is 2.16. The van der Waals surface area contributed by atoms with Gasteiger partial charge in [0.2, 0.25) is 0 Å². The Bertz CT molecular complexity index is 533. The summed E-state index contributed by atoms with van der Waals surface area (Å²) in [6, 6.07) is 5.94. The molecule has 1 unspecified atom stereocenters. The molecule has 2 aromatic rings. The van der Waals surface area contributed by atoms with Gasteiger partial charge < -0.3 is 9.73 Å². The van der Waals surface area contributed by atoms with Crippen LogP contribution in [0.4, 0.5) is 0 Å². The van der Waals surface area contributed by atoms with Gasteiger partial charge in [-0.25, -0.2) is 0 Å². The van der Waals surface area contributed by atoms with Gasteiger partial charge in [0.15, 0.2) is 5.22 Å². The van der Waals surface area contributed by atoms with Crippen molar-refractivity contribution in [2.45, 2.75) is 32.7 Å². The zero-order valence-electron chi connectivity index (χ0n) is 11.6. The van der Waals surface area contributed by atoms with Crippen LogP contribution in [-0.4, -0.2) is 16.3 Å². The summed E-state index contributed by atoms with van der Waals surface area (Å²) in [6.45, 7) is 5.09. The van der Waals surface area contributed by atoms with Crippen LogP contribution in [-0.2, 0) is 13.5 Å². The molecule has 0 fully saturated rings. The Morgan fingerprint density at radius 2 is 2.26 bits per heavy atom. The molecule has 0 saturated carbocycles. The molecule has 0 spiro atoms. The van der Waals surface area contributed by atoms with Crippen LogP contribution in [0.3, 0.4) is 0 Å². The van der Waals surface area contributed by atoms with E-state index in [2.05, 4.69) is 23.4 Å². The van der Waals surface area contributed by atoms with Gasteiger partial charge in [0.1, 0.15) is 5.76 Å². The smallest absolute Gasteiger partial charge is 0.193 e. The summed E-state index contributed by atoms with van der Waals surface area (Å²) >= 11 is 5.86. The first-order valence-corrected chi connectivity index (χ1v) is 6.96. The lowest BCUT2D eigenvalue weighted by Gasteiger charge is -2.16. The maximum absolute atomic E-state index is 5.86. The predicted molar refractivity (Wildman–Crippen MR) is 76.4 cm³/mol. The van der Waals surface area contributed by atoms with Crippen molar-refractivity contribution in [2.75, 3.05) is 6.54 Å². The van der Waals surface area contributed by atoms with Crippen LogP contribution in [0.2, 0.25) is 5.22 Å². The fourth-order valence-corrected chi connectivity index (χ4v) is 2.32. The highest BCUT2D eigenvalue weighted by molar-refractivity contribution is 6.28. The number of hydrogen-bond donors (Lipinski definition) is 1. The number of aromatic nitrogens is 2. The van der Waals surface area contributed by atoms with Gasteiger partial charge in [-0.05, 0) is 49.7 Å². The second-order valence-corrected chi connectivity index (χ2v) is 5.13. The lowest BCUT2D eigenvalue weighted by molar-refractivity contribution is 0.405. The quantitative estimate of drug-likeness (QED) is 0.884. The summed E-state index contributed by atoms with van der Waals surface area (Å²) < 4.78 is 7.45. The molecule has 1 atom stereocenters. The molecule has 0 aliphatic carbocycles. The van der Waals surface area contributed by atoms with E-state index in [-0.39, 0.29) is 6.04 Å². The molecule has 0 aliphatic rings. The summed E-state index contributed by atoms with van der Waals surface area (Å²) in [7, 11) is 1.97. The largest absolute Gasteiger partial charge is 0.448 e. The van der Waals surface area contributed by atoms with E-state index < -0.39 is 0 Å². The molecular weight excluding hydrogens is 262 g/mol. The normalized spacial score (nSPS) is 12.8. The fourth-order valence-electron chi connectivity index (χ4n) is 2.17. The highest BCUT2D eigenvalue weighted by Crippen LogP contribution is 2.23. The molecule has 4 nitrogen and oxygen atoms in total. The van der Waals surface area contributed by atoms with Gasteiger partial charge in [0, 0.05) is 19.2 Å². The van der Waals surface area contributed by atoms with Gasteiger partial charge in [0.05, 0.1) is 11.7 Å². The highest BCUT2D eigenvalue weighted by atomic mass is 35.5. The number of halogens is 1. The Morgan fingerprint density at radius 1 is 1.47 bits per heavy atom. The third-order valence-electron chi connectivity index (χ3n) is 3.09. The summed E-state index contributed by atoms with van der Waals surface area (Å²) in [4.78, 5) is 0. The van der Waals surface area contributed by atoms with Crippen molar-refractivity contribution >= 4 is 11.6 Å². The average molecular weight is 282 g/mol. The minimum Gasteiger partial charge on any atom is -0.448 e. The zero-order chi connectivity index (χ0) is 13.8. The lowest BCUT2D eigenvalue weighted by atomic mass is 10.1. The monoisotopic (exact) mass is 281 g/mol. The summed E-state index contributed by atoms with van der Waals surface area (Å²) in [5.74, 6) is 0.873. The van der Waals surface area contributed by atoms with Crippen LogP contribution in [0.5, 0.6) is 0 Å². The Morgan fingerprint density at radius 3 is 2.79 bits per heavy atom. The second-order valence-electron chi connectivity index (χ2n) is 4.75. The summed E-state index contributed by atoms with van der Waals surface area (Å²) in [5, 5.41) is 8.30. The number of nitrogens with zero attached hydrogens (tertiary/aromatic N) is 2. The highest BCUT2D eigenvalue weighted by Gasteiger charge is 2.17. The fraction of sp³-hybridized carbons (Fsp3) is 0.500. The lowest BCUT2D eigenvalue weighted by Crippen LogP contribution is -2.24. The van der Waals surface area contributed by atoms with Crippen LogP contribution < -0.4 is 5.32 Å². The van der Waals surface area contributed by atoms with E-state index in [0.717, 1.165) is 30.8 Å². The molecule has 2 aromatic heterocycles. The van der Waals surface area contributed by atoms with Gasteiger partial charge in [-0.2, -0.15) is 5.10 Å². The van der Waals surface area contributed by atoms with Gasteiger partial charge in [-0.1, -0.05) is 6.92 Å². The first-order valence-electron chi connectivity index (χ1n) is 6.58. The zero-order valence-corrected chi connectivity index (χ0v) is 12.4. The van der Waals surface area contributed by atoms with Gasteiger partial charge in [-0.3, -0.25) is 4.68 Å². The Kier molecular flexibility index (Phi) is 4.66. The molecule has 19 heavy (non-hydrogen) atoms. The van der Waals surface area contributed by atoms with Gasteiger partial charge >= 0.3 is 0 Å². The molecule has 0 aliphatic heterocycles. The maximum Gasteiger partial charge on any atom is 0.193 e. The van der Waals surface area contributed by atoms with E-state index in [1.54, 1.807) is 6.07 Å². The van der Waals surface area contributed by atoms with E-state index in [0.29, 0.717) is 5.22 Å². The molecule has 5 heteroatoms. The first kappa shape index (κ1) is 14.2. The molecule has 0 radical (unpaired) electrons. The topological polar surface area (TPSA) is 43.0 Å². The number of nitrogens with one attached hydrogen (secondary N) is 1. The van der Waals surface area contributed by atoms with Gasteiger partial charge in [0.25, 0.3) is 0 Å². The van der Waals surface area contributed by atoms with Crippen LogP contribution in [0.1, 0.15) is 36.5 Å². The van der Waals surface area contributed by atoms with Crippen molar-refractivity contribution in [3.8, 4) is 0 Å². The second kappa shape index (κ2) is 6.26. The number of hydrogen-bond acceptors (Lipinski definition) is 3. The van der Waals surface area contributed by atoms with Crippen molar-refractivity contribution in [3.63, 3.8) is 0 Å². The van der Waals surface area contributed by atoms with Crippen molar-refractivity contribution in [3.05, 3.63) is 40.6 Å². The third kappa shape index (κ3) is 3.61. The molecule has 2 rings (SSSR count). The van der Waals surface area contributed by atoms with Crippen LogP contribution in [0.15, 0.2) is 22.6 Å². The molecule has 0 amide bonds. The summed E-state index contributed by atoms with van der Waals surface area (Å²) in [5.41, 5.74) is 2.21. The minimum atomic E-state index is 0.127.